The van der Waals surface area contributed by atoms with Gasteiger partial charge in [0.2, 0.25) is 5.91 Å². The van der Waals surface area contributed by atoms with Crippen molar-refractivity contribution in [2.45, 2.75) is 38.0 Å². The Bertz CT molecular complexity index is 1630. The summed E-state index contributed by atoms with van der Waals surface area (Å²) in [6, 6.07) is 15.5. The lowest BCUT2D eigenvalue weighted by Gasteiger charge is -2.13. The topological polar surface area (TPSA) is 85.3 Å². The summed E-state index contributed by atoms with van der Waals surface area (Å²) in [5, 5.41) is 12.1. The third kappa shape index (κ3) is 5.42. The number of para-hydroxylation sites is 1. The number of anilines is 1. The van der Waals surface area contributed by atoms with Crippen molar-refractivity contribution in [1.29, 1.82) is 0 Å². The summed E-state index contributed by atoms with van der Waals surface area (Å²) in [4.78, 5) is 27.9. The average molecular weight is 587 g/mol. The van der Waals surface area contributed by atoms with Gasteiger partial charge in [0.15, 0.2) is 0 Å². The molecule has 2 aliphatic carbocycles. The standard InChI is InChI=1S/C32H31ClN4O3S/c1-3-15-34-31(39)28-21-11-7-8-12-27(21)41-32(28)35-30(38)23-17-22(23)24-18-37(20-9-5-4-6-10-20)36-29(24)19-13-14-26(40-2)25(33)16-19/h3-6,9-10,13-14,16,18,22-23H,1,7-8,11-12,15,17H2,2H3,(H,34,39)(H,35,38). The third-order valence-corrected chi connectivity index (χ3v) is 9.26. The van der Waals surface area contributed by atoms with Gasteiger partial charge in [-0.15, -0.1) is 17.9 Å². The highest BCUT2D eigenvalue weighted by molar-refractivity contribution is 7.17. The Hall–Kier alpha value is -3.88. The number of fused-ring (bicyclic) bond motifs is 1. The second-order valence-electron chi connectivity index (χ2n) is 10.4. The summed E-state index contributed by atoms with van der Waals surface area (Å²) in [6.45, 7) is 4.08. The number of halogens is 1. The van der Waals surface area contributed by atoms with Crippen molar-refractivity contribution >= 4 is 39.8 Å². The Labute approximate surface area is 248 Å². The van der Waals surface area contributed by atoms with Gasteiger partial charge in [-0.2, -0.15) is 5.10 Å². The maximum absolute atomic E-state index is 13.6. The summed E-state index contributed by atoms with van der Waals surface area (Å²) < 4.78 is 7.19. The van der Waals surface area contributed by atoms with Gasteiger partial charge in [-0.1, -0.05) is 35.9 Å². The number of ether oxygens (including phenoxy) is 1. The van der Waals surface area contributed by atoms with E-state index in [-0.39, 0.29) is 23.7 Å². The number of nitrogens with one attached hydrogen (secondary N) is 2. The molecule has 0 spiro atoms. The fraction of sp³-hybridized carbons (Fsp3) is 0.281. The van der Waals surface area contributed by atoms with E-state index in [1.807, 2.05) is 59.4 Å². The number of thiophene rings is 1. The Morgan fingerprint density at radius 3 is 2.76 bits per heavy atom. The van der Waals surface area contributed by atoms with Crippen LogP contribution in [0.3, 0.4) is 0 Å². The fourth-order valence-electron chi connectivity index (χ4n) is 5.59. The highest BCUT2D eigenvalue weighted by atomic mass is 35.5. The van der Waals surface area contributed by atoms with Gasteiger partial charge < -0.3 is 15.4 Å². The van der Waals surface area contributed by atoms with Gasteiger partial charge in [-0.05, 0) is 68.0 Å². The molecule has 6 rings (SSSR count). The lowest BCUT2D eigenvalue weighted by atomic mass is 9.95. The van der Waals surface area contributed by atoms with Crippen LogP contribution in [0.1, 0.15) is 51.5 Å². The van der Waals surface area contributed by atoms with E-state index in [0.29, 0.717) is 34.3 Å². The molecular weight excluding hydrogens is 556 g/mol. The summed E-state index contributed by atoms with van der Waals surface area (Å²) in [7, 11) is 1.59. The van der Waals surface area contributed by atoms with Crippen LogP contribution in [-0.2, 0) is 17.6 Å². The maximum Gasteiger partial charge on any atom is 0.254 e. The lowest BCUT2D eigenvalue weighted by Crippen LogP contribution is -2.26. The van der Waals surface area contributed by atoms with Crippen molar-refractivity contribution in [3.63, 3.8) is 0 Å². The minimum atomic E-state index is -0.223. The SMILES string of the molecule is C=CCNC(=O)c1c(NC(=O)C2CC2c2cn(-c3ccccc3)nc2-c2ccc(OC)c(Cl)c2)sc2c1CCCC2. The monoisotopic (exact) mass is 586 g/mol. The van der Waals surface area contributed by atoms with Crippen LogP contribution in [0.25, 0.3) is 16.9 Å². The first-order chi connectivity index (χ1) is 20.0. The van der Waals surface area contributed by atoms with E-state index in [9.17, 15) is 9.59 Å². The van der Waals surface area contributed by atoms with Crippen LogP contribution in [0, 0.1) is 5.92 Å². The number of aryl methyl sites for hydroxylation is 1. The predicted molar refractivity (Wildman–Crippen MR) is 164 cm³/mol. The summed E-state index contributed by atoms with van der Waals surface area (Å²) >= 11 is 8.01. The minimum Gasteiger partial charge on any atom is -0.495 e. The fourth-order valence-corrected chi connectivity index (χ4v) is 7.14. The molecule has 0 bridgehead atoms. The number of aromatic nitrogens is 2. The second-order valence-corrected chi connectivity index (χ2v) is 11.9. The summed E-state index contributed by atoms with van der Waals surface area (Å²) in [5.41, 5.74) is 5.26. The van der Waals surface area contributed by atoms with E-state index in [2.05, 4.69) is 17.2 Å². The first-order valence-corrected chi connectivity index (χ1v) is 15.0. The number of hydrogen-bond acceptors (Lipinski definition) is 5. The highest BCUT2D eigenvalue weighted by Crippen LogP contribution is 2.51. The zero-order valence-electron chi connectivity index (χ0n) is 22.8. The van der Waals surface area contributed by atoms with Crippen molar-refractivity contribution in [3.05, 3.63) is 94.0 Å². The van der Waals surface area contributed by atoms with Crippen molar-refractivity contribution in [2.75, 3.05) is 19.0 Å². The Balaban J connectivity index is 1.29. The van der Waals surface area contributed by atoms with Gasteiger partial charge in [0.25, 0.3) is 5.91 Å². The first-order valence-electron chi connectivity index (χ1n) is 13.8. The lowest BCUT2D eigenvalue weighted by molar-refractivity contribution is -0.117. The zero-order chi connectivity index (χ0) is 28.5. The molecule has 4 aromatic rings. The first kappa shape index (κ1) is 27.3. The number of rotatable bonds is 9. The third-order valence-electron chi connectivity index (χ3n) is 7.76. The molecule has 7 nitrogen and oxygen atoms in total. The molecule has 2 N–H and O–H groups in total. The molecule has 2 aromatic carbocycles. The quantitative estimate of drug-likeness (QED) is 0.211. The summed E-state index contributed by atoms with van der Waals surface area (Å²) in [5.74, 6) is 0.136. The molecule has 2 heterocycles. The normalized spacial score (nSPS) is 17.4. The van der Waals surface area contributed by atoms with Crippen molar-refractivity contribution < 1.29 is 14.3 Å². The molecule has 2 amide bonds. The smallest absolute Gasteiger partial charge is 0.254 e. The van der Waals surface area contributed by atoms with Crippen LogP contribution in [0.4, 0.5) is 5.00 Å². The molecule has 0 saturated heterocycles. The number of carbonyl (C=O) groups is 2. The highest BCUT2D eigenvalue weighted by Gasteiger charge is 2.46. The molecule has 1 fully saturated rings. The molecule has 9 heteroatoms. The van der Waals surface area contributed by atoms with Crippen molar-refractivity contribution in [2.24, 2.45) is 5.92 Å². The number of amides is 2. The molecule has 41 heavy (non-hydrogen) atoms. The van der Waals surface area contributed by atoms with Crippen molar-refractivity contribution in [1.82, 2.24) is 15.1 Å². The Kier molecular flexibility index (Phi) is 7.69. The molecular formula is C32H31ClN4O3S. The number of carbonyl (C=O) groups excluding carboxylic acids is 2. The van der Waals surface area contributed by atoms with Gasteiger partial charge in [-0.25, -0.2) is 4.68 Å². The van der Waals surface area contributed by atoms with Gasteiger partial charge in [0.1, 0.15) is 10.8 Å². The molecule has 2 unspecified atom stereocenters. The van der Waals surface area contributed by atoms with Crippen LogP contribution in [-0.4, -0.2) is 35.2 Å². The number of nitrogens with zero attached hydrogens (tertiary/aromatic N) is 2. The molecule has 2 aliphatic rings. The maximum atomic E-state index is 13.6. The van der Waals surface area contributed by atoms with Crippen LogP contribution in [0.15, 0.2) is 67.4 Å². The van der Waals surface area contributed by atoms with Crippen LogP contribution >= 0.6 is 22.9 Å². The molecule has 2 aromatic heterocycles. The molecule has 0 radical (unpaired) electrons. The number of methoxy groups -OCH3 is 1. The second kappa shape index (κ2) is 11.5. The largest absolute Gasteiger partial charge is 0.495 e. The van der Waals surface area contributed by atoms with E-state index < -0.39 is 0 Å². The van der Waals surface area contributed by atoms with E-state index in [4.69, 9.17) is 21.4 Å². The van der Waals surface area contributed by atoms with E-state index in [0.717, 1.165) is 53.8 Å². The van der Waals surface area contributed by atoms with E-state index >= 15 is 0 Å². The molecule has 0 aliphatic heterocycles. The molecule has 1 saturated carbocycles. The van der Waals surface area contributed by atoms with Gasteiger partial charge in [0, 0.05) is 40.6 Å². The molecule has 210 valence electrons. The van der Waals surface area contributed by atoms with E-state index in [1.54, 1.807) is 13.2 Å². The Morgan fingerprint density at radius 1 is 1.20 bits per heavy atom. The van der Waals surface area contributed by atoms with Crippen LogP contribution < -0.4 is 15.4 Å². The summed E-state index contributed by atoms with van der Waals surface area (Å²) in [6.07, 6.45) is 8.32. The predicted octanol–water partition coefficient (Wildman–Crippen LogP) is 6.80. The molecule has 2 atom stereocenters. The average Bonchev–Trinajstić information content (AvgIpc) is 3.53. The van der Waals surface area contributed by atoms with Gasteiger partial charge in [-0.3, -0.25) is 9.59 Å². The van der Waals surface area contributed by atoms with Gasteiger partial charge >= 0.3 is 0 Å². The van der Waals surface area contributed by atoms with Crippen LogP contribution in [0.2, 0.25) is 5.02 Å². The number of hydrogen-bond donors (Lipinski definition) is 2. The van der Waals surface area contributed by atoms with E-state index in [1.165, 1.54) is 16.2 Å². The zero-order valence-corrected chi connectivity index (χ0v) is 24.4. The van der Waals surface area contributed by atoms with Crippen molar-refractivity contribution in [3.8, 4) is 22.7 Å². The number of benzene rings is 2. The Morgan fingerprint density at radius 2 is 2.00 bits per heavy atom. The van der Waals surface area contributed by atoms with Crippen LogP contribution in [0.5, 0.6) is 5.75 Å². The minimum absolute atomic E-state index is 0.00373. The van der Waals surface area contributed by atoms with Gasteiger partial charge in [0.05, 0.1) is 29.1 Å².